The van der Waals surface area contributed by atoms with Crippen LogP contribution in [0.1, 0.15) is 28.4 Å². The number of rotatable bonds is 5. The van der Waals surface area contributed by atoms with Gasteiger partial charge < -0.3 is 9.47 Å². The molecule has 0 aliphatic rings. The fourth-order valence-corrected chi connectivity index (χ4v) is 3.33. The lowest BCUT2D eigenvalue weighted by atomic mass is 10.0. The van der Waals surface area contributed by atoms with E-state index in [0.29, 0.717) is 6.61 Å². The van der Waals surface area contributed by atoms with Gasteiger partial charge in [-0.25, -0.2) is 0 Å². The third-order valence-electron chi connectivity index (χ3n) is 3.21. The van der Waals surface area contributed by atoms with Gasteiger partial charge in [-0.05, 0) is 53.5 Å². The predicted molar refractivity (Wildman–Crippen MR) is 93.8 cm³/mol. The highest BCUT2D eigenvalue weighted by atomic mass is 79.9. The molecule has 0 aliphatic heterocycles. The Hall–Kier alpha value is -1.00. The Morgan fingerprint density at radius 3 is 2.43 bits per heavy atom. The minimum Gasteiger partial charge on any atom is -0.496 e. The van der Waals surface area contributed by atoms with Gasteiger partial charge in [0.25, 0.3) is 0 Å². The van der Waals surface area contributed by atoms with E-state index in [-0.39, 0.29) is 4.83 Å². The Balaban J connectivity index is 2.38. The van der Waals surface area contributed by atoms with E-state index >= 15 is 0 Å². The molecular formula is C17H18Br2O2. The molecule has 0 heterocycles. The van der Waals surface area contributed by atoms with Crippen molar-refractivity contribution in [2.24, 2.45) is 0 Å². The first-order valence-corrected chi connectivity index (χ1v) is 8.48. The lowest BCUT2D eigenvalue weighted by molar-refractivity contribution is 0.338. The normalized spacial score (nSPS) is 12.0. The van der Waals surface area contributed by atoms with E-state index in [4.69, 9.17) is 9.47 Å². The quantitative estimate of drug-likeness (QED) is 0.589. The Kier molecular flexibility index (Phi) is 5.71. The molecule has 0 saturated carbocycles. The molecule has 0 radical (unpaired) electrons. The molecular weight excluding hydrogens is 396 g/mol. The number of benzene rings is 2. The zero-order valence-corrected chi connectivity index (χ0v) is 15.5. The Bertz CT molecular complexity index is 626. The molecule has 1 atom stereocenters. The van der Waals surface area contributed by atoms with Crippen molar-refractivity contribution in [1.82, 2.24) is 0 Å². The Morgan fingerprint density at radius 2 is 1.81 bits per heavy atom. The van der Waals surface area contributed by atoms with Gasteiger partial charge in [0.15, 0.2) is 0 Å². The molecule has 0 aromatic heterocycles. The highest BCUT2D eigenvalue weighted by Crippen LogP contribution is 2.39. The van der Waals surface area contributed by atoms with Gasteiger partial charge in [-0.15, -0.1) is 0 Å². The average molecular weight is 414 g/mol. The average Bonchev–Trinajstić information content (AvgIpc) is 2.48. The second-order valence-corrected chi connectivity index (χ2v) is 6.50. The molecule has 2 aromatic carbocycles. The molecule has 2 aromatic rings. The van der Waals surface area contributed by atoms with Crippen LogP contribution in [0.5, 0.6) is 11.5 Å². The highest BCUT2D eigenvalue weighted by molar-refractivity contribution is 9.10. The summed E-state index contributed by atoms with van der Waals surface area (Å²) < 4.78 is 12.0. The molecule has 0 saturated heterocycles. The summed E-state index contributed by atoms with van der Waals surface area (Å²) in [5.74, 6) is 1.74. The summed E-state index contributed by atoms with van der Waals surface area (Å²) >= 11 is 7.34. The van der Waals surface area contributed by atoms with Crippen molar-refractivity contribution in [2.45, 2.75) is 18.7 Å². The number of alkyl halides is 1. The van der Waals surface area contributed by atoms with Gasteiger partial charge in [0, 0.05) is 5.56 Å². The van der Waals surface area contributed by atoms with Crippen LogP contribution in [0.3, 0.4) is 0 Å². The molecule has 2 nitrogen and oxygen atoms in total. The number of hydrogen-bond donors (Lipinski definition) is 0. The second-order valence-electron chi connectivity index (χ2n) is 4.73. The summed E-state index contributed by atoms with van der Waals surface area (Å²) in [6.45, 7) is 4.71. The third kappa shape index (κ3) is 3.80. The van der Waals surface area contributed by atoms with E-state index < -0.39 is 0 Å². The molecule has 0 amide bonds. The van der Waals surface area contributed by atoms with Crippen molar-refractivity contribution in [3.05, 3.63) is 57.6 Å². The monoisotopic (exact) mass is 412 g/mol. The lowest BCUT2D eigenvalue weighted by Crippen LogP contribution is -1.99. The Labute approximate surface area is 142 Å². The maximum absolute atomic E-state index is 5.55. The standard InChI is InChI=1S/C17H18Br2O2/c1-4-21-16-8-6-12(10-14(16)18)17(19)13-9-11(2)5-7-15(13)20-3/h5-10,17H,4H2,1-3H3. The van der Waals surface area contributed by atoms with E-state index in [0.717, 1.165) is 27.1 Å². The van der Waals surface area contributed by atoms with Crippen LogP contribution >= 0.6 is 31.9 Å². The zero-order valence-electron chi connectivity index (χ0n) is 12.3. The third-order valence-corrected chi connectivity index (χ3v) is 4.85. The SMILES string of the molecule is CCOc1ccc(C(Br)c2cc(C)ccc2OC)cc1Br. The fraction of sp³-hybridized carbons (Fsp3) is 0.294. The highest BCUT2D eigenvalue weighted by Gasteiger charge is 2.16. The predicted octanol–water partition coefficient (Wildman–Crippen LogP) is 5.65. The number of hydrogen-bond acceptors (Lipinski definition) is 2. The van der Waals surface area contributed by atoms with E-state index in [2.05, 4.69) is 63.0 Å². The summed E-state index contributed by atoms with van der Waals surface area (Å²) in [5.41, 5.74) is 3.48. The molecule has 112 valence electrons. The molecule has 0 aliphatic carbocycles. The van der Waals surface area contributed by atoms with Gasteiger partial charge in [0.2, 0.25) is 0 Å². The van der Waals surface area contributed by atoms with Crippen molar-refractivity contribution in [1.29, 1.82) is 0 Å². The van der Waals surface area contributed by atoms with Crippen molar-refractivity contribution < 1.29 is 9.47 Å². The minimum atomic E-state index is 0.0688. The number of methoxy groups -OCH3 is 1. The van der Waals surface area contributed by atoms with Crippen molar-refractivity contribution in [2.75, 3.05) is 13.7 Å². The molecule has 0 spiro atoms. The van der Waals surface area contributed by atoms with Crippen LogP contribution in [-0.4, -0.2) is 13.7 Å². The van der Waals surface area contributed by atoms with Crippen molar-refractivity contribution in [3.8, 4) is 11.5 Å². The summed E-state index contributed by atoms with van der Waals surface area (Å²) in [4.78, 5) is 0.0688. The maximum atomic E-state index is 5.55. The molecule has 0 fully saturated rings. The number of halogens is 2. The molecule has 2 rings (SSSR count). The van der Waals surface area contributed by atoms with E-state index in [1.807, 2.05) is 19.1 Å². The lowest BCUT2D eigenvalue weighted by Gasteiger charge is -2.17. The molecule has 4 heteroatoms. The van der Waals surface area contributed by atoms with Crippen LogP contribution in [0.25, 0.3) is 0 Å². The largest absolute Gasteiger partial charge is 0.496 e. The molecule has 0 bridgehead atoms. The smallest absolute Gasteiger partial charge is 0.133 e. The van der Waals surface area contributed by atoms with Crippen LogP contribution < -0.4 is 9.47 Å². The number of aryl methyl sites for hydroxylation is 1. The van der Waals surface area contributed by atoms with Gasteiger partial charge in [-0.2, -0.15) is 0 Å². The fourth-order valence-electron chi connectivity index (χ4n) is 2.18. The van der Waals surface area contributed by atoms with E-state index in [9.17, 15) is 0 Å². The first-order valence-electron chi connectivity index (χ1n) is 6.77. The summed E-state index contributed by atoms with van der Waals surface area (Å²) in [7, 11) is 1.70. The van der Waals surface area contributed by atoms with Crippen molar-refractivity contribution >= 4 is 31.9 Å². The van der Waals surface area contributed by atoms with Crippen LogP contribution in [0.2, 0.25) is 0 Å². The van der Waals surface area contributed by atoms with Gasteiger partial charge in [-0.1, -0.05) is 39.7 Å². The summed E-state index contributed by atoms with van der Waals surface area (Å²) in [6, 6.07) is 12.3. The van der Waals surface area contributed by atoms with E-state index in [1.165, 1.54) is 5.56 Å². The van der Waals surface area contributed by atoms with E-state index in [1.54, 1.807) is 7.11 Å². The van der Waals surface area contributed by atoms with Crippen LogP contribution in [0.4, 0.5) is 0 Å². The van der Waals surface area contributed by atoms with Crippen molar-refractivity contribution in [3.63, 3.8) is 0 Å². The van der Waals surface area contributed by atoms with Gasteiger partial charge in [-0.3, -0.25) is 0 Å². The van der Waals surface area contributed by atoms with Crippen LogP contribution in [0, 0.1) is 6.92 Å². The molecule has 1 unspecified atom stereocenters. The van der Waals surface area contributed by atoms with Gasteiger partial charge >= 0.3 is 0 Å². The minimum absolute atomic E-state index is 0.0688. The van der Waals surface area contributed by atoms with Crippen LogP contribution in [-0.2, 0) is 0 Å². The Morgan fingerprint density at radius 1 is 1.10 bits per heavy atom. The summed E-state index contributed by atoms with van der Waals surface area (Å²) in [6.07, 6.45) is 0. The first kappa shape index (κ1) is 16.4. The maximum Gasteiger partial charge on any atom is 0.133 e. The first-order chi connectivity index (χ1) is 10.1. The topological polar surface area (TPSA) is 18.5 Å². The van der Waals surface area contributed by atoms with Gasteiger partial charge in [0.1, 0.15) is 11.5 Å². The molecule has 21 heavy (non-hydrogen) atoms. The summed E-state index contributed by atoms with van der Waals surface area (Å²) in [5, 5.41) is 0. The second kappa shape index (κ2) is 7.32. The molecule has 0 N–H and O–H groups in total. The van der Waals surface area contributed by atoms with Gasteiger partial charge in [0.05, 0.1) is 23.0 Å². The van der Waals surface area contributed by atoms with Crippen LogP contribution in [0.15, 0.2) is 40.9 Å². The zero-order chi connectivity index (χ0) is 15.4. The number of ether oxygens (including phenoxy) is 2.